The molecule has 7 heteroatoms. The SMILES string of the molecule is Cc1ccccc1S(=O)(=O)n1cc(C(=O)/C=C/N(C)C)c2cc(Cl)ccc21. The van der Waals surface area contributed by atoms with Gasteiger partial charge in [-0.25, -0.2) is 12.4 Å². The molecule has 0 amide bonds. The molecule has 0 aliphatic rings. The number of halogens is 1. The standard InChI is InChI=1S/C20H19ClN2O3S/c1-14-6-4-5-7-20(14)27(25,26)23-13-17(19(24)10-11-22(2)3)16-12-15(21)8-9-18(16)23/h4-13H,1-3H3/b11-10+. The molecule has 140 valence electrons. The molecule has 0 unspecified atom stereocenters. The Kier molecular flexibility index (Phi) is 5.13. The Morgan fingerprint density at radius 2 is 1.85 bits per heavy atom. The molecule has 1 aromatic heterocycles. The number of rotatable bonds is 5. The van der Waals surface area contributed by atoms with E-state index in [4.69, 9.17) is 11.6 Å². The number of aryl methyl sites for hydroxylation is 1. The van der Waals surface area contributed by atoms with Gasteiger partial charge in [0.1, 0.15) is 0 Å². The summed E-state index contributed by atoms with van der Waals surface area (Å²) in [4.78, 5) is 14.6. The van der Waals surface area contributed by atoms with Crippen molar-refractivity contribution in [3.8, 4) is 0 Å². The van der Waals surface area contributed by atoms with E-state index in [-0.39, 0.29) is 16.2 Å². The van der Waals surface area contributed by atoms with E-state index in [2.05, 4.69) is 0 Å². The van der Waals surface area contributed by atoms with Crippen molar-refractivity contribution in [2.24, 2.45) is 0 Å². The third kappa shape index (κ3) is 3.63. The highest BCUT2D eigenvalue weighted by atomic mass is 35.5. The summed E-state index contributed by atoms with van der Waals surface area (Å²) in [7, 11) is -0.270. The number of carbonyl (C=O) groups is 1. The molecule has 0 bridgehead atoms. The molecule has 1 heterocycles. The fourth-order valence-corrected chi connectivity index (χ4v) is 4.60. The Labute approximate surface area is 163 Å². The van der Waals surface area contributed by atoms with Crippen molar-refractivity contribution in [2.75, 3.05) is 14.1 Å². The quantitative estimate of drug-likeness (QED) is 0.476. The van der Waals surface area contributed by atoms with E-state index in [9.17, 15) is 13.2 Å². The number of nitrogens with zero attached hydrogens (tertiary/aromatic N) is 2. The van der Waals surface area contributed by atoms with Gasteiger partial charge in [-0.05, 0) is 36.8 Å². The summed E-state index contributed by atoms with van der Waals surface area (Å²) in [6, 6.07) is 11.6. The number of hydrogen-bond donors (Lipinski definition) is 0. The average Bonchev–Trinajstić information content (AvgIpc) is 2.99. The Balaban J connectivity index is 2.26. The second-order valence-corrected chi connectivity index (χ2v) is 8.63. The van der Waals surface area contributed by atoms with Gasteiger partial charge in [0, 0.05) is 48.5 Å². The summed E-state index contributed by atoms with van der Waals surface area (Å²) >= 11 is 6.09. The van der Waals surface area contributed by atoms with Crippen molar-refractivity contribution >= 4 is 38.3 Å². The molecule has 0 saturated carbocycles. The van der Waals surface area contributed by atoms with Gasteiger partial charge >= 0.3 is 0 Å². The minimum absolute atomic E-state index is 0.194. The van der Waals surface area contributed by atoms with Gasteiger partial charge < -0.3 is 4.90 Å². The van der Waals surface area contributed by atoms with Crippen LogP contribution in [0.1, 0.15) is 15.9 Å². The first kappa shape index (κ1) is 19.2. The molecule has 0 atom stereocenters. The molecule has 0 fully saturated rings. The first-order valence-electron chi connectivity index (χ1n) is 8.22. The van der Waals surface area contributed by atoms with Crippen molar-refractivity contribution in [3.63, 3.8) is 0 Å². The van der Waals surface area contributed by atoms with Crippen molar-refractivity contribution in [2.45, 2.75) is 11.8 Å². The molecule has 0 spiro atoms. The number of fused-ring (bicyclic) bond motifs is 1. The van der Waals surface area contributed by atoms with Gasteiger partial charge in [0.15, 0.2) is 5.78 Å². The molecule has 27 heavy (non-hydrogen) atoms. The summed E-state index contributed by atoms with van der Waals surface area (Å²) in [5.41, 5.74) is 1.32. The zero-order valence-electron chi connectivity index (χ0n) is 15.2. The van der Waals surface area contributed by atoms with Gasteiger partial charge in [-0.2, -0.15) is 0 Å². The zero-order valence-corrected chi connectivity index (χ0v) is 16.8. The molecule has 3 rings (SSSR count). The van der Waals surface area contributed by atoms with Crippen LogP contribution in [0.2, 0.25) is 5.02 Å². The molecular weight excluding hydrogens is 384 g/mol. The van der Waals surface area contributed by atoms with Crippen molar-refractivity contribution < 1.29 is 13.2 Å². The number of benzene rings is 2. The van der Waals surface area contributed by atoms with E-state index in [1.807, 2.05) is 0 Å². The number of ketones is 1. The Hall–Kier alpha value is -2.57. The molecule has 0 aliphatic heterocycles. The third-order valence-electron chi connectivity index (χ3n) is 4.15. The lowest BCUT2D eigenvalue weighted by atomic mass is 10.1. The van der Waals surface area contributed by atoms with Gasteiger partial charge in [0.2, 0.25) is 0 Å². The lowest BCUT2D eigenvalue weighted by Crippen LogP contribution is -2.13. The van der Waals surface area contributed by atoms with Gasteiger partial charge in [-0.1, -0.05) is 29.8 Å². The van der Waals surface area contributed by atoms with Crippen LogP contribution in [0, 0.1) is 6.92 Å². The number of aromatic nitrogens is 1. The maximum Gasteiger partial charge on any atom is 0.268 e. The smallest absolute Gasteiger partial charge is 0.268 e. The fraction of sp³-hybridized carbons (Fsp3) is 0.150. The van der Waals surface area contributed by atoms with Crippen LogP contribution < -0.4 is 0 Å². The van der Waals surface area contributed by atoms with Gasteiger partial charge in [0.05, 0.1) is 10.4 Å². The predicted molar refractivity (Wildman–Crippen MR) is 108 cm³/mol. The molecule has 0 N–H and O–H groups in total. The number of allylic oxidation sites excluding steroid dienone is 1. The van der Waals surface area contributed by atoms with Crippen LogP contribution in [0.4, 0.5) is 0 Å². The predicted octanol–water partition coefficient (Wildman–Crippen LogP) is 4.10. The second kappa shape index (κ2) is 7.21. The Morgan fingerprint density at radius 1 is 1.15 bits per heavy atom. The van der Waals surface area contributed by atoms with Crippen LogP contribution in [0.5, 0.6) is 0 Å². The topological polar surface area (TPSA) is 59.4 Å². The number of hydrogen-bond acceptors (Lipinski definition) is 4. The van der Waals surface area contributed by atoms with Crippen molar-refractivity contribution in [3.05, 3.63) is 77.1 Å². The van der Waals surface area contributed by atoms with E-state index in [0.717, 1.165) is 3.97 Å². The minimum Gasteiger partial charge on any atom is -0.383 e. The molecule has 0 radical (unpaired) electrons. The average molecular weight is 403 g/mol. The minimum atomic E-state index is -3.87. The molecule has 2 aromatic carbocycles. The highest BCUT2D eigenvalue weighted by molar-refractivity contribution is 7.90. The van der Waals surface area contributed by atoms with E-state index < -0.39 is 10.0 Å². The number of carbonyl (C=O) groups excluding carboxylic acids is 1. The normalized spacial score (nSPS) is 12.0. The molecule has 0 saturated heterocycles. The zero-order chi connectivity index (χ0) is 19.8. The maximum atomic E-state index is 13.2. The van der Waals surface area contributed by atoms with Crippen LogP contribution >= 0.6 is 11.6 Å². The maximum absolute atomic E-state index is 13.2. The Bertz CT molecular complexity index is 1160. The third-order valence-corrected chi connectivity index (χ3v) is 6.22. The van der Waals surface area contributed by atoms with Crippen molar-refractivity contribution in [1.82, 2.24) is 8.87 Å². The van der Waals surface area contributed by atoms with Crippen LogP contribution in [-0.4, -0.2) is 37.2 Å². The van der Waals surface area contributed by atoms with Gasteiger partial charge in [-0.15, -0.1) is 0 Å². The van der Waals surface area contributed by atoms with Crippen LogP contribution in [0.25, 0.3) is 10.9 Å². The molecular formula is C20H19ClN2O3S. The van der Waals surface area contributed by atoms with E-state index in [0.29, 0.717) is 21.5 Å². The summed E-state index contributed by atoms with van der Waals surface area (Å²) < 4.78 is 27.6. The van der Waals surface area contributed by atoms with E-state index in [1.165, 1.54) is 12.3 Å². The second-order valence-electron chi connectivity index (χ2n) is 6.41. The largest absolute Gasteiger partial charge is 0.383 e. The van der Waals surface area contributed by atoms with Crippen molar-refractivity contribution in [1.29, 1.82) is 0 Å². The lowest BCUT2D eigenvalue weighted by molar-refractivity contribution is 0.104. The van der Waals surface area contributed by atoms with Gasteiger partial charge in [0.25, 0.3) is 10.0 Å². The van der Waals surface area contributed by atoms with E-state index >= 15 is 0 Å². The monoisotopic (exact) mass is 402 g/mol. The van der Waals surface area contributed by atoms with Gasteiger partial charge in [-0.3, -0.25) is 4.79 Å². The molecule has 0 aliphatic carbocycles. The van der Waals surface area contributed by atoms with Crippen LogP contribution in [-0.2, 0) is 10.0 Å². The summed E-state index contributed by atoms with van der Waals surface area (Å²) in [5.74, 6) is -0.297. The highest BCUT2D eigenvalue weighted by Crippen LogP contribution is 2.29. The summed E-state index contributed by atoms with van der Waals surface area (Å²) in [6.45, 7) is 1.74. The fourth-order valence-electron chi connectivity index (χ4n) is 2.83. The first-order chi connectivity index (χ1) is 12.7. The van der Waals surface area contributed by atoms with Crippen LogP contribution in [0.15, 0.2) is 65.8 Å². The summed E-state index contributed by atoms with van der Waals surface area (Å²) in [6.07, 6.45) is 4.39. The molecule has 5 nitrogen and oxygen atoms in total. The van der Waals surface area contributed by atoms with E-state index in [1.54, 1.807) is 74.6 Å². The molecule has 3 aromatic rings. The van der Waals surface area contributed by atoms with Crippen LogP contribution in [0.3, 0.4) is 0 Å². The highest BCUT2D eigenvalue weighted by Gasteiger charge is 2.24. The lowest BCUT2D eigenvalue weighted by Gasteiger charge is -2.09. The first-order valence-corrected chi connectivity index (χ1v) is 10.0. The summed E-state index contributed by atoms with van der Waals surface area (Å²) in [5, 5.41) is 0.923. The Morgan fingerprint density at radius 3 is 2.52 bits per heavy atom.